The lowest BCUT2D eigenvalue weighted by molar-refractivity contribution is -0.157. The first-order valence-corrected chi connectivity index (χ1v) is 5.67. The largest absolute Gasteiger partial charge is 0.467 e. The maximum atomic E-state index is 11.0. The van der Waals surface area contributed by atoms with Crippen molar-refractivity contribution < 1.29 is 19.0 Å². The van der Waals surface area contributed by atoms with E-state index in [0.29, 0.717) is 11.3 Å². The van der Waals surface area contributed by atoms with Crippen molar-refractivity contribution in [2.45, 2.75) is 6.92 Å². The second-order valence-electron chi connectivity index (χ2n) is 3.25. The molecule has 0 heterocycles. The normalized spacial score (nSPS) is 9.76. The van der Waals surface area contributed by atoms with Crippen LogP contribution in [0.4, 0.5) is 0 Å². The number of hydrogen-bond acceptors (Lipinski definition) is 4. The van der Waals surface area contributed by atoms with Crippen LogP contribution in [0, 0.1) is 0 Å². The lowest BCUT2D eigenvalue weighted by Crippen LogP contribution is -2.11. The molecule has 0 unspecified atom stereocenters. The molecular formula is C12H13BrO4. The van der Waals surface area contributed by atoms with E-state index in [1.807, 2.05) is 12.1 Å². The van der Waals surface area contributed by atoms with E-state index in [9.17, 15) is 4.79 Å². The maximum Gasteiger partial charge on any atom is 0.335 e. The number of carbonyl (C=O) groups excluding carboxylic acids is 1. The smallest absolute Gasteiger partial charge is 0.335 e. The molecule has 0 aromatic heterocycles. The Morgan fingerprint density at radius 2 is 1.94 bits per heavy atom. The summed E-state index contributed by atoms with van der Waals surface area (Å²) in [6, 6.07) is 7.31. The van der Waals surface area contributed by atoms with E-state index in [0.717, 1.165) is 4.47 Å². The second-order valence-corrected chi connectivity index (χ2v) is 4.17. The lowest BCUT2D eigenvalue weighted by atomic mass is 10.3. The minimum atomic E-state index is -0.478. The third-order valence-electron chi connectivity index (χ3n) is 1.74. The van der Waals surface area contributed by atoms with E-state index in [2.05, 4.69) is 22.5 Å². The molecule has 0 radical (unpaired) electrons. The van der Waals surface area contributed by atoms with Crippen molar-refractivity contribution in [3.63, 3.8) is 0 Å². The van der Waals surface area contributed by atoms with Crippen LogP contribution in [0.3, 0.4) is 0 Å². The van der Waals surface area contributed by atoms with Crippen LogP contribution in [0.15, 0.2) is 40.9 Å². The van der Waals surface area contributed by atoms with E-state index in [4.69, 9.17) is 14.2 Å². The number of benzene rings is 1. The molecular weight excluding hydrogens is 288 g/mol. The zero-order chi connectivity index (χ0) is 12.7. The van der Waals surface area contributed by atoms with Crippen molar-refractivity contribution in [1.82, 2.24) is 0 Å². The Kier molecular flexibility index (Phi) is 5.72. The first-order chi connectivity index (χ1) is 8.09. The van der Waals surface area contributed by atoms with Crippen molar-refractivity contribution in [3.05, 3.63) is 40.9 Å². The minimum absolute atomic E-state index is 0.0190. The molecule has 0 amide bonds. The molecule has 1 aromatic carbocycles. The molecule has 0 saturated carbocycles. The Morgan fingerprint density at radius 1 is 1.29 bits per heavy atom. The molecule has 1 rings (SSSR count). The molecule has 17 heavy (non-hydrogen) atoms. The van der Waals surface area contributed by atoms with Crippen LogP contribution in [0.25, 0.3) is 0 Å². The van der Waals surface area contributed by atoms with E-state index in [1.54, 1.807) is 19.1 Å². The Hall–Kier alpha value is -1.33. The van der Waals surface area contributed by atoms with E-state index in [-0.39, 0.29) is 13.6 Å². The zero-order valence-corrected chi connectivity index (χ0v) is 11.0. The number of carbonyl (C=O) groups is 1. The summed E-state index contributed by atoms with van der Waals surface area (Å²) < 4.78 is 15.9. The summed E-state index contributed by atoms with van der Waals surface area (Å²) in [5.74, 6) is 0.202. The SMILES string of the molecule is C=C(C)C(=O)OCOCOc1ccc(Br)cc1. The molecule has 5 heteroatoms. The zero-order valence-electron chi connectivity index (χ0n) is 9.44. The van der Waals surface area contributed by atoms with Gasteiger partial charge in [0, 0.05) is 10.0 Å². The summed E-state index contributed by atoms with van der Waals surface area (Å²) in [6.07, 6.45) is 0. The molecule has 0 saturated heterocycles. The fraction of sp³-hybridized carbons (Fsp3) is 0.250. The summed E-state index contributed by atoms with van der Waals surface area (Å²) in [5, 5.41) is 0. The van der Waals surface area contributed by atoms with E-state index < -0.39 is 5.97 Å². The molecule has 0 aliphatic rings. The predicted molar refractivity (Wildman–Crippen MR) is 66.5 cm³/mol. The second kappa shape index (κ2) is 7.09. The molecule has 92 valence electrons. The van der Waals surface area contributed by atoms with Gasteiger partial charge in [0.15, 0.2) is 13.6 Å². The molecule has 0 atom stereocenters. The van der Waals surface area contributed by atoms with Gasteiger partial charge in [-0.2, -0.15) is 0 Å². The maximum absolute atomic E-state index is 11.0. The van der Waals surface area contributed by atoms with Gasteiger partial charge in [-0.05, 0) is 31.2 Å². The summed E-state index contributed by atoms with van der Waals surface area (Å²) in [6.45, 7) is 4.88. The Balaban J connectivity index is 2.14. The molecule has 4 nitrogen and oxygen atoms in total. The predicted octanol–water partition coefficient (Wildman–Crippen LogP) is 2.88. The summed E-state index contributed by atoms with van der Waals surface area (Å²) in [7, 11) is 0. The fourth-order valence-electron chi connectivity index (χ4n) is 0.893. The standard InChI is InChI=1S/C12H13BrO4/c1-9(2)12(14)17-8-15-7-16-11-5-3-10(13)4-6-11/h3-6H,1,7-8H2,2H3. The van der Waals surface area contributed by atoms with Gasteiger partial charge in [-0.15, -0.1) is 0 Å². The van der Waals surface area contributed by atoms with Crippen LogP contribution in [0.1, 0.15) is 6.92 Å². The monoisotopic (exact) mass is 300 g/mol. The molecule has 1 aromatic rings. The third-order valence-corrected chi connectivity index (χ3v) is 2.27. The van der Waals surface area contributed by atoms with Crippen LogP contribution in [0.2, 0.25) is 0 Å². The van der Waals surface area contributed by atoms with Gasteiger partial charge in [0.1, 0.15) is 5.75 Å². The number of rotatable bonds is 6. The van der Waals surface area contributed by atoms with Gasteiger partial charge in [-0.3, -0.25) is 0 Å². The van der Waals surface area contributed by atoms with Gasteiger partial charge in [0.2, 0.25) is 0 Å². The minimum Gasteiger partial charge on any atom is -0.467 e. The van der Waals surface area contributed by atoms with Crippen LogP contribution in [-0.2, 0) is 14.3 Å². The molecule has 0 spiro atoms. The molecule has 0 aliphatic carbocycles. The number of esters is 1. The van der Waals surface area contributed by atoms with Crippen molar-refractivity contribution >= 4 is 21.9 Å². The number of ether oxygens (including phenoxy) is 3. The van der Waals surface area contributed by atoms with Crippen LogP contribution in [-0.4, -0.2) is 19.6 Å². The highest BCUT2D eigenvalue weighted by Gasteiger charge is 2.01. The fourth-order valence-corrected chi connectivity index (χ4v) is 1.16. The van der Waals surface area contributed by atoms with Gasteiger partial charge in [0.25, 0.3) is 0 Å². The van der Waals surface area contributed by atoms with Crippen molar-refractivity contribution in [2.75, 3.05) is 13.6 Å². The van der Waals surface area contributed by atoms with Crippen molar-refractivity contribution in [1.29, 1.82) is 0 Å². The van der Waals surface area contributed by atoms with Gasteiger partial charge >= 0.3 is 5.97 Å². The van der Waals surface area contributed by atoms with Gasteiger partial charge in [-0.1, -0.05) is 22.5 Å². The first kappa shape index (κ1) is 13.7. The molecule has 0 bridgehead atoms. The van der Waals surface area contributed by atoms with Crippen molar-refractivity contribution in [3.8, 4) is 5.75 Å². The van der Waals surface area contributed by atoms with Gasteiger partial charge < -0.3 is 14.2 Å². The first-order valence-electron chi connectivity index (χ1n) is 4.88. The van der Waals surface area contributed by atoms with Crippen LogP contribution >= 0.6 is 15.9 Å². The highest BCUT2D eigenvalue weighted by atomic mass is 79.9. The molecule has 0 fully saturated rings. The number of hydrogen-bond donors (Lipinski definition) is 0. The third kappa shape index (κ3) is 5.51. The van der Waals surface area contributed by atoms with Crippen LogP contribution in [0.5, 0.6) is 5.75 Å². The van der Waals surface area contributed by atoms with Crippen LogP contribution < -0.4 is 4.74 Å². The van der Waals surface area contributed by atoms with Gasteiger partial charge in [-0.25, -0.2) is 4.79 Å². The Bertz CT molecular complexity index is 386. The highest BCUT2D eigenvalue weighted by molar-refractivity contribution is 9.10. The lowest BCUT2D eigenvalue weighted by Gasteiger charge is -2.07. The number of halogens is 1. The summed E-state index contributed by atoms with van der Waals surface area (Å²) in [4.78, 5) is 11.0. The summed E-state index contributed by atoms with van der Waals surface area (Å²) >= 11 is 3.32. The highest BCUT2D eigenvalue weighted by Crippen LogP contribution is 2.15. The quantitative estimate of drug-likeness (QED) is 0.351. The summed E-state index contributed by atoms with van der Waals surface area (Å²) in [5.41, 5.74) is 0.336. The molecule has 0 aliphatic heterocycles. The molecule has 0 N–H and O–H groups in total. The Morgan fingerprint density at radius 3 is 2.53 bits per heavy atom. The van der Waals surface area contributed by atoms with Crippen molar-refractivity contribution in [2.24, 2.45) is 0 Å². The topological polar surface area (TPSA) is 44.8 Å². The Labute approximate surface area is 108 Å². The average Bonchev–Trinajstić information content (AvgIpc) is 2.30. The van der Waals surface area contributed by atoms with E-state index in [1.165, 1.54) is 0 Å². The van der Waals surface area contributed by atoms with E-state index >= 15 is 0 Å². The average molecular weight is 301 g/mol. The van der Waals surface area contributed by atoms with Gasteiger partial charge in [0.05, 0.1) is 0 Å².